The Morgan fingerprint density at radius 1 is 1.13 bits per heavy atom. The summed E-state index contributed by atoms with van der Waals surface area (Å²) in [7, 11) is 0. The number of amides is 1. The summed E-state index contributed by atoms with van der Waals surface area (Å²) in [6, 6.07) is 6.75. The molecule has 0 N–H and O–H groups in total. The number of benzene rings is 1. The zero-order valence-corrected chi connectivity index (χ0v) is 15.3. The minimum Gasteiger partial charge on any atom is -0.372 e. The molecule has 23 heavy (non-hydrogen) atoms. The highest BCUT2D eigenvalue weighted by Gasteiger charge is 2.23. The third kappa shape index (κ3) is 3.98. The van der Waals surface area contributed by atoms with Crippen LogP contribution in [-0.4, -0.2) is 50.1 Å². The van der Waals surface area contributed by atoms with E-state index in [9.17, 15) is 4.79 Å². The number of piperazine rings is 1. The number of rotatable bonds is 5. The van der Waals surface area contributed by atoms with Crippen LogP contribution < -0.4 is 9.80 Å². The van der Waals surface area contributed by atoms with E-state index in [4.69, 9.17) is 0 Å². The molecular weight excluding hydrogens is 286 g/mol. The van der Waals surface area contributed by atoms with E-state index in [0.717, 1.165) is 39.3 Å². The Bertz CT molecular complexity index is 529. The van der Waals surface area contributed by atoms with Gasteiger partial charge in [-0.1, -0.05) is 13.8 Å². The van der Waals surface area contributed by atoms with Crippen LogP contribution in [0, 0.1) is 12.8 Å². The SMILES string of the molecule is CCN(CC)c1ccc(N2CCN(C(=O)C(C)C)CC2)c(C)c1. The molecule has 0 radical (unpaired) electrons. The molecular formula is C19H31N3O. The lowest BCUT2D eigenvalue weighted by Gasteiger charge is -2.37. The number of anilines is 2. The largest absolute Gasteiger partial charge is 0.372 e. The van der Waals surface area contributed by atoms with Crippen molar-refractivity contribution in [3.63, 3.8) is 0 Å². The molecule has 1 fully saturated rings. The molecule has 0 aliphatic carbocycles. The molecule has 0 aromatic heterocycles. The van der Waals surface area contributed by atoms with Gasteiger partial charge in [-0.2, -0.15) is 0 Å². The molecule has 1 amide bonds. The lowest BCUT2D eigenvalue weighted by Crippen LogP contribution is -2.50. The summed E-state index contributed by atoms with van der Waals surface area (Å²) in [6.07, 6.45) is 0. The van der Waals surface area contributed by atoms with Crippen LogP contribution in [0.3, 0.4) is 0 Å². The van der Waals surface area contributed by atoms with Crippen LogP contribution in [-0.2, 0) is 4.79 Å². The zero-order valence-electron chi connectivity index (χ0n) is 15.3. The van der Waals surface area contributed by atoms with Crippen molar-refractivity contribution >= 4 is 17.3 Å². The summed E-state index contributed by atoms with van der Waals surface area (Å²) >= 11 is 0. The van der Waals surface area contributed by atoms with E-state index in [1.165, 1.54) is 16.9 Å². The first-order chi connectivity index (χ1) is 11.0. The maximum atomic E-state index is 12.1. The molecule has 1 saturated heterocycles. The first-order valence-corrected chi connectivity index (χ1v) is 8.87. The van der Waals surface area contributed by atoms with Gasteiger partial charge in [0.2, 0.25) is 5.91 Å². The fourth-order valence-corrected chi connectivity index (χ4v) is 3.31. The van der Waals surface area contributed by atoms with Crippen LogP contribution in [0.5, 0.6) is 0 Å². The highest BCUT2D eigenvalue weighted by Crippen LogP contribution is 2.26. The molecule has 4 nitrogen and oxygen atoms in total. The molecule has 2 rings (SSSR count). The van der Waals surface area contributed by atoms with Gasteiger partial charge in [-0.3, -0.25) is 4.79 Å². The van der Waals surface area contributed by atoms with Crippen molar-refractivity contribution in [1.82, 2.24) is 4.90 Å². The molecule has 4 heteroatoms. The second kappa shape index (κ2) is 7.71. The number of carbonyl (C=O) groups excluding carboxylic acids is 1. The van der Waals surface area contributed by atoms with Crippen molar-refractivity contribution < 1.29 is 4.79 Å². The van der Waals surface area contributed by atoms with Gasteiger partial charge in [-0.05, 0) is 44.5 Å². The van der Waals surface area contributed by atoms with Crippen LogP contribution in [0.4, 0.5) is 11.4 Å². The number of hydrogen-bond acceptors (Lipinski definition) is 3. The Morgan fingerprint density at radius 2 is 1.74 bits per heavy atom. The van der Waals surface area contributed by atoms with E-state index >= 15 is 0 Å². The monoisotopic (exact) mass is 317 g/mol. The number of carbonyl (C=O) groups is 1. The summed E-state index contributed by atoms with van der Waals surface area (Å²) in [5.41, 5.74) is 3.92. The van der Waals surface area contributed by atoms with Gasteiger partial charge in [-0.15, -0.1) is 0 Å². The quantitative estimate of drug-likeness (QED) is 0.835. The Labute approximate surface area is 141 Å². The van der Waals surface area contributed by atoms with Crippen molar-refractivity contribution in [2.45, 2.75) is 34.6 Å². The van der Waals surface area contributed by atoms with Crippen LogP contribution in [0.15, 0.2) is 18.2 Å². The number of hydrogen-bond donors (Lipinski definition) is 0. The molecule has 1 heterocycles. The van der Waals surface area contributed by atoms with Crippen molar-refractivity contribution in [2.24, 2.45) is 5.92 Å². The van der Waals surface area contributed by atoms with E-state index in [0.29, 0.717) is 0 Å². The average molecular weight is 317 g/mol. The van der Waals surface area contributed by atoms with E-state index in [1.807, 2.05) is 18.7 Å². The summed E-state index contributed by atoms with van der Waals surface area (Å²) in [4.78, 5) is 18.9. The van der Waals surface area contributed by atoms with E-state index < -0.39 is 0 Å². The second-order valence-electron chi connectivity index (χ2n) is 6.61. The summed E-state index contributed by atoms with van der Waals surface area (Å²) in [6.45, 7) is 16.1. The van der Waals surface area contributed by atoms with Gasteiger partial charge in [0.1, 0.15) is 0 Å². The van der Waals surface area contributed by atoms with E-state index in [-0.39, 0.29) is 11.8 Å². The Balaban J connectivity index is 2.05. The Morgan fingerprint density at radius 3 is 2.22 bits per heavy atom. The summed E-state index contributed by atoms with van der Waals surface area (Å²) in [5.74, 6) is 0.370. The molecule has 0 unspecified atom stereocenters. The predicted octanol–water partition coefficient (Wildman–Crippen LogP) is 3.15. The maximum Gasteiger partial charge on any atom is 0.225 e. The van der Waals surface area contributed by atoms with Crippen LogP contribution in [0.1, 0.15) is 33.3 Å². The molecule has 1 aliphatic heterocycles. The van der Waals surface area contributed by atoms with E-state index in [1.54, 1.807) is 0 Å². The molecule has 128 valence electrons. The summed E-state index contributed by atoms with van der Waals surface area (Å²) < 4.78 is 0. The average Bonchev–Trinajstić information content (AvgIpc) is 2.55. The maximum absolute atomic E-state index is 12.1. The fourth-order valence-electron chi connectivity index (χ4n) is 3.31. The third-order valence-corrected chi connectivity index (χ3v) is 4.73. The molecule has 0 bridgehead atoms. The first kappa shape index (κ1) is 17.6. The van der Waals surface area contributed by atoms with Crippen LogP contribution in [0.2, 0.25) is 0 Å². The third-order valence-electron chi connectivity index (χ3n) is 4.73. The molecule has 1 aromatic carbocycles. The molecule has 1 aromatic rings. The zero-order chi connectivity index (χ0) is 17.0. The molecule has 0 saturated carbocycles. The highest BCUT2D eigenvalue weighted by atomic mass is 16.2. The minimum absolute atomic E-state index is 0.0941. The van der Waals surface area contributed by atoms with Crippen LogP contribution in [0.25, 0.3) is 0 Å². The Kier molecular flexibility index (Phi) is 5.91. The highest BCUT2D eigenvalue weighted by molar-refractivity contribution is 5.78. The van der Waals surface area contributed by atoms with Gasteiger partial charge in [0.25, 0.3) is 0 Å². The van der Waals surface area contributed by atoms with Crippen LogP contribution >= 0.6 is 0 Å². The van der Waals surface area contributed by atoms with Gasteiger partial charge in [0, 0.05) is 56.6 Å². The number of aryl methyl sites for hydroxylation is 1. The van der Waals surface area contributed by atoms with Gasteiger partial charge in [0.15, 0.2) is 0 Å². The molecule has 1 aliphatic rings. The normalized spacial score (nSPS) is 15.2. The van der Waals surface area contributed by atoms with E-state index in [2.05, 4.69) is 48.8 Å². The second-order valence-corrected chi connectivity index (χ2v) is 6.61. The molecule has 0 atom stereocenters. The van der Waals surface area contributed by atoms with Gasteiger partial charge in [-0.25, -0.2) is 0 Å². The van der Waals surface area contributed by atoms with Gasteiger partial charge in [0.05, 0.1) is 0 Å². The van der Waals surface area contributed by atoms with Gasteiger partial charge < -0.3 is 14.7 Å². The van der Waals surface area contributed by atoms with Crippen molar-refractivity contribution in [3.05, 3.63) is 23.8 Å². The lowest BCUT2D eigenvalue weighted by molar-refractivity contribution is -0.134. The van der Waals surface area contributed by atoms with Crippen molar-refractivity contribution in [3.8, 4) is 0 Å². The van der Waals surface area contributed by atoms with Crippen molar-refractivity contribution in [2.75, 3.05) is 49.1 Å². The minimum atomic E-state index is 0.0941. The predicted molar refractivity (Wildman–Crippen MR) is 98.4 cm³/mol. The topological polar surface area (TPSA) is 26.8 Å². The number of nitrogens with zero attached hydrogens (tertiary/aromatic N) is 3. The molecule has 0 spiro atoms. The van der Waals surface area contributed by atoms with Gasteiger partial charge >= 0.3 is 0 Å². The fraction of sp³-hybridized carbons (Fsp3) is 0.632. The standard InChI is InChI=1S/C19H31N3O/c1-6-20(7-2)17-8-9-18(16(5)14-17)21-10-12-22(13-11-21)19(23)15(3)4/h8-9,14-15H,6-7,10-13H2,1-5H3. The lowest BCUT2D eigenvalue weighted by atomic mass is 10.1. The van der Waals surface area contributed by atoms with Crippen molar-refractivity contribution in [1.29, 1.82) is 0 Å². The summed E-state index contributed by atoms with van der Waals surface area (Å²) in [5, 5.41) is 0. The Hall–Kier alpha value is -1.71. The first-order valence-electron chi connectivity index (χ1n) is 8.87. The smallest absolute Gasteiger partial charge is 0.225 e.